The molecule has 0 fully saturated rings. The molecule has 3 heteroatoms. The van der Waals surface area contributed by atoms with E-state index in [4.69, 9.17) is 0 Å². The number of hydrogen-bond donors (Lipinski definition) is 0. The first-order chi connectivity index (χ1) is 6.25. The molecule has 0 saturated heterocycles. The summed E-state index contributed by atoms with van der Waals surface area (Å²) >= 11 is 0. The minimum absolute atomic E-state index is 0.965. The maximum atomic E-state index is 4.03. The van der Waals surface area contributed by atoms with Gasteiger partial charge in [-0.3, -0.25) is 0 Å². The summed E-state index contributed by atoms with van der Waals surface area (Å²) in [6.07, 6.45) is 8.42. The zero-order valence-corrected chi connectivity index (χ0v) is 7.99. The molecule has 0 aliphatic heterocycles. The van der Waals surface area contributed by atoms with E-state index in [-0.39, 0.29) is 0 Å². The van der Waals surface area contributed by atoms with Crippen molar-refractivity contribution in [1.82, 2.24) is 15.0 Å². The maximum Gasteiger partial charge on any atom is 0.0800 e. The van der Waals surface area contributed by atoms with Crippen LogP contribution in [0.2, 0.25) is 0 Å². The molecular weight excluding hydrogens is 162 g/mol. The van der Waals surface area contributed by atoms with Crippen molar-refractivity contribution in [1.29, 1.82) is 0 Å². The van der Waals surface area contributed by atoms with Crippen LogP contribution in [0.15, 0.2) is 23.9 Å². The largest absolute Gasteiger partial charge is 0.225 e. The molecule has 0 saturated carbocycles. The highest BCUT2D eigenvalue weighted by molar-refractivity contribution is 5.50. The van der Waals surface area contributed by atoms with Crippen LogP contribution in [-0.2, 0) is 0 Å². The van der Waals surface area contributed by atoms with Gasteiger partial charge in [0, 0.05) is 5.70 Å². The lowest BCUT2D eigenvalue weighted by Crippen LogP contribution is -2.01. The summed E-state index contributed by atoms with van der Waals surface area (Å²) in [5, 5.41) is 8.00. The zero-order chi connectivity index (χ0) is 9.26. The number of rotatable bonds is 1. The van der Waals surface area contributed by atoms with Gasteiger partial charge in [-0.2, -0.15) is 0 Å². The molecule has 1 heterocycles. The molecule has 0 N–H and O–H groups in total. The highest BCUT2D eigenvalue weighted by Crippen LogP contribution is 2.20. The van der Waals surface area contributed by atoms with E-state index in [9.17, 15) is 0 Å². The van der Waals surface area contributed by atoms with Crippen LogP contribution in [0, 0.1) is 6.92 Å². The van der Waals surface area contributed by atoms with Gasteiger partial charge in [-0.15, -0.1) is 5.10 Å². The monoisotopic (exact) mass is 175 g/mol. The Bertz CT molecular complexity index is 371. The van der Waals surface area contributed by atoms with E-state index in [1.54, 1.807) is 0 Å². The summed E-state index contributed by atoms with van der Waals surface area (Å²) in [7, 11) is 0. The Hall–Kier alpha value is -1.38. The highest BCUT2D eigenvalue weighted by atomic mass is 15.4. The van der Waals surface area contributed by atoms with Crippen LogP contribution in [0.1, 0.15) is 25.5 Å². The van der Waals surface area contributed by atoms with E-state index in [2.05, 4.69) is 29.4 Å². The summed E-state index contributed by atoms with van der Waals surface area (Å²) in [5.41, 5.74) is 3.62. The first-order valence-corrected chi connectivity index (χ1v) is 4.51. The summed E-state index contributed by atoms with van der Waals surface area (Å²) < 4.78 is 1.86. The first-order valence-electron chi connectivity index (χ1n) is 4.51. The molecule has 1 aromatic heterocycles. The number of nitrogens with zero attached hydrogens (tertiary/aromatic N) is 3. The van der Waals surface area contributed by atoms with Gasteiger partial charge in [0.1, 0.15) is 0 Å². The molecular formula is C10H13N3. The zero-order valence-electron chi connectivity index (χ0n) is 7.99. The van der Waals surface area contributed by atoms with Gasteiger partial charge in [-0.25, -0.2) is 4.68 Å². The SMILES string of the molecule is CC1=CC=C(n2cc(C)nn2)CC1. The van der Waals surface area contributed by atoms with Crippen LogP contribution in [0.3, 0.4) is 0 Å². The predicted molar refractivity (Wildman–Crippen MR) is 52.0 cm³/mol. The fourth-order valence-electron chi connectivity index (χ4n) is 1.41. The molecule has 0 aromatic carbocycles. The molecule has 13 heavy (non-hydrogen) atoms. The van der Waals surface area contributed by atoms with Gasteiger partial charge in [0.15, 0.2) is 0 Å². The van der Waals surface area contributed by atoms with E-state index in [1.807, 2.05) is 17.8 Å². The average Bonchev–Trinajstić information content (AvgIpc) is 2.53. The van der Waals surface area contributed by atoms with Gasteiger partial charge in [0.2, 0.25) is 0 Å². The van der Waals surface area contributed by atoms with Crippen LogP contribution < -0.4 is 0 Å². The average molecular weight is 175 g/mol. The van der Waals surface area contributed by atoms with Crippen LogP contribution >= 0.6 is 0 Å². The second-order valence-electron chi connectivity index (χ2n) is 3.48. The number of aryl methyl sites for hydroxylation is 1. The molecule has 0 radical (unpaired) electrons. The standard InChI is InChI=1S/C10H13N3/c1-8-3-5-10(6-4-8)13-7-9(2)11-12-13/h3,5,7H,4,6H2,1-2H3. The smallest absolute Gasteiger partial charge is 0.0800 e. The molecule has 0 amide bonds. The van der Waals surface area contributed by atoms with Gasteiger partial charge in [0.25, 0.3) is 0 Å². The summed E-state index contributed by atoms with van der Waals surface area (Å²) in [4.78, 5) is 0. The molecule has 1 aliphatic carbocycles. The van der Waals surface area contributed by atoms with Crippen molar-refractivity contribution in [3.63, 3.8) is 0 Å². The van der Waals surface area contributed by atoms with Crippen molar-refractivity contribution in [2.24, 2.45) is 0 Å². The number of aromatic nitrogens is 3. The van der Waals surface area contributed by atoms with E-state index in [1.165, 1.54) is 11.3 Å². The maximum absolute atomic E-state index is 4.03. The molecule has 0 atom stereocenters. The van der Waals surface area contributed by atoms with Crippen molar-refractivity contribution < 1.29 is 0 Å². The van der Waals surface area contributed by atoms with E-state index < -0.39 is 0 Å². The van der Waals surface area contributed by atoms with Crippen molar-refractivity contribution in [2.45, 2.75) is 26.7 Å². The number of hydrogen-bond acceptors (Lipinski definition) is 2. The third kappa shape index (κ3) is 1.69. The third-order valence-electron chi connectivity index (χ3n) is 2.24. The lowest BCUT2D eigenvalue weighted by atomic mass is 10.0. The Morgan fingerprint density at radius 3 is 2.62 bits per heavy atom. The van der Waals surface area contributed by atoms with E-state index in [0.29, 0.717) is 0 Å². The Morgan fingerprint density at radius 2 is 2.08 bits per heavy atom. The molecule has 0 bridgehead atoms. The normalized spacial score (nSPS) is 16.8. The quantitative estimate of drug-likeness (QED) is 0.655. The number of allylic oxidation sites excluding steroid dienone is 4. The van der Waals surface area contributed by atoms with Crippen molar-refractivity contribution in [3.8, 4) is 0 Å². The van der Waals surface area contributed by atoms with Gasteiger partial charge in [-0.05, 0) is 32.8 Å². The molecule has 0 unspecified atom stereocenters. The second kappa shape index (κ2) is 3.17. The lowest BCUT2D eigenvalue weighted by molar-refractivity contribution is 0.772. The summed E-state index contributed by atoms with van der Waals surface area (Å²) in [6.45, 7) is 4.11. The Morgan fingerprint density at radius 1 is 1.23 bits per heavy atom. The third-order valence-corrected chi connectivity index (χ3v) is 2.24. The molecule has 0 spiro atoms. The van der Waals surface area contributed by atoms with Crippen LogP contribution in [0.4, 0.5) is 0 Å². The van der Waals surface area contributed by atoms with E-state index in [0.717, 1.165) is 18.5 Å². The molecule has 1 aliphatic rings. The Kier molecular flexibility index (Phi) is 2.00. The second-order valence-corrected chi connectivity index (χ2v) is 3.48. The highest BCUT2D eigenvalue weighted by Gasteiger charge is 2.06. The van der Waals surface area contributed by atoms with Gasteiger partial charge in [-0.1, -0.05) is 16.9 Å². The van der Waals surface area contributed by atoms with Gasteiger partial charge < -0.3 is 0 Å². The molecule has 3 nitrogen and oxygen atoms in total. The first kappa shape index (κ1) is 8.23. The van der Waals surface area contributed by atoms with Crippen LogP contribution in [-0.4, -0.2) is 15.0 Å². The summed E-state index contributed by atoms with van der Waals surface area (Å²) in [6, 6.07) is 0. The fourth-order valence-corrected chi connectivity index (χ4v) is 1.41. The molecule has 1 aromatic rings. The minimum Gasteiger partial charge on any atom is -0.225 e. The fraction of sp³-hybridized carbons (Fsp3) is 0.400. The van der Waals surface area contributed by atoms with Crippen LogP contribution in [0.25, 0.3) is 5.70 Å². The summed E-state index contributed by atoms with van der Waals surface area (Å²) in [5.74, 6) is 0. The van der Waals surface area contributed by atoms with Crippen molar-refractivity contribution >= 4 is 5.70 Å². The van der Waals surface area contributed by atoms with Gasteiger partial charge >= 0.3 is 0 Å². The van der Waals surface area contributed by atoms with Gasteiger partial charge in [0.05, 0.1) is 11.9 Å². The molecule has 68 valence electrons. The van der Waals surface area contributed by atoms with Crippen LogP contribution in [0.5, 0.6) is 0 Å². The lowest BCUT2D eigenvalue weighted by Gasteiger charge is -2.10. The van der Waals surface area contributed by atoms with Crippen molar-refractivity contribution in [3.05, 3.63) is 29.6 Å². The van der Waals surface area contributed by atoms with E-state index >= 15 is 0 Å². The Labute approximate surface area is 77.8 Å². The topological polar surface area (TPSA) is 30.7 Å². The predicted octanol–water partition coefficient (Wildman–Crippen LogP) is 2.17. The molecule has 2 rings (SSSR count). The van der Waals surface area contributed by atoms with Crippen molar-refractivity contribution in [2.75, 3.05) is 0 Å². The minimum atomic E-state index is 0.965. The Balaban J connectivity index is 2.28.